The van der Waals surface area contributed by atoms with Crippen molar-refractivity contribution >= 4 is 11.9 Å². The van der Waals surface area contributed by atoms with Gasteiger partial charge in [0.05, 0.1) is 23.7 Å². The number of carbonyl (C=O) groups excluding carboxylic acids is 2. The molecule has 6 nitrogen and oxygen atoms in total. The molecule has 2 saturated heterocycles. The standard InChI is InChI=1S/C20H24O6/c1-5-13(10-21)19(23)25-15-9-20(4)16(26-20)7-6-11(2)8-14-17(15)12(3)18(22)24-14/h5-8,14-17,21H,3,9-10H2,1-2,4H3/b7-6-,11-8+,13-5-/t14-,15-,16-,17+,20-/m1/s1. The van der Waals surface area contributed by atoms with Crippen LogP contribution in [0.5, 0.6) is 0 Å². The van der Waals surface area contributed by atoms with Gasteiger partial charge in [-0.2, -0.15) is 0 Å². The molecule has 2 aliphatic heterocycles. The Labute approximate surface area is 152 Å². The Hall–Kier alpha value is -2.18. The van der Waals surface area contributed by atoms with Gasteiger partial charge in [0, 0.05) is 12.0 Å². The molecule has 6 heteroatoms. The highest BCUT2D eigenvalue weighted by Gasteiger charge is 2.56. The van der Waals surface area contributed by atoms with Gasteiger partial charge in [0.25, 0.3) is 0 Å². The minimum absolute atomic E-state index is 0.0751. The molecule has 26 heavy (non-hydrogen) atoms. The Morgan fingerprint density at radius 3 is 2.92 bits per heavy atom. The summed E-state index contributed by atoms with van der Waals surface area (Å²) in [6.45, 7) is 8.96. The van der Waals surface area contributed by atoms with Crippen LogP contribution in [0, 0.1) is 5.92 Å². The molecule has 2 fully saturated rings. The number of rotatable bonds is 3. The highest BCUT2D eigenvalue weighted by molar-refractivity contribution is 5.92. The van der Waals surface area contributed by atoms with E-state index in [0.29, 0.717) is 6.42 Å². The lowest BCUT2D eigenvalue weighted by atomic mass is 9.83. The summed E-state index contributed by atoms with van der Waals surface area (Å²) in [7, 11) is 0. The predicted molar refractivity (Wildman–Crippen MR) is 94.0 cm³/mol. The summed E-state index contributed by atoms with van der Waals surface area (Å²) in [4.78, 5) is 24.5. The number of allylic oxidation sites excluding steroid dienone is 3. The summed E-state index contributed by atoms with van der Waals surface area (Å²) in [5, 5.41) is 9.33. The third kappa shape index (κ3) is 3.39. The van der Waals surface area contributed by atoms with Crippen molar-refractivity contribution in [2.45, 2.75) is 51.1 Å². The normalized spacial score (nSPS) is 39.8. The van der Waals surface area contributed by atoms with Crippen LogP contribution in [0.2, 0.25) is 0 Å². The maximum absolute atomic E-state index is 12.4. The molecule has 0 unspecified atom stereocenters. The van der Waals surface area contributed by atoms with E-state index in [4.69, 9.17) is 14.2 Å². The molecule has 0 aromatic carbocycles. The third-order valence-electron chi connectivity index (χ3n) is 5.21. The minimum atomic E-state index is -0.654. The van der Waals surface area contributed by atoms with Crippen LogP contribution in [0.3, 0.4) is 0 Å². The first kappa shape index (κ1) is 18.6. The van der Waals surface area contributed by atoms with Gasteiger partial charge in [0.15, 0.2) is 0 Å². The molecule has 3 aliphatic rings. The minimum Gasteiger partial charge on any atom is -0.458 e. The predicted octanol–water partition coefficient (Wildman–Crippen LogP) is 2.00. The average Bonchev–Trinajstić information content (AvgIpc) is 3.13. The van der Waals surface area contributed by atoms with Crippen LogP contribution < -0.4 is 0 Å². The number of ether oxygens (including phenoxy) is 3. The van der Waals surface area contributed by atoms with E-state index in [0.717, 1.165) is 5.57 Å². The molecule has 1 N–H and O–H groups in total. The van der Waals surface area contributed by atoms with Crippen molar-refractivity contribution in [3.8, 4) is 0 Å². The fourth-order valence-corrected chi connectivity index (χ4v) is 3.53. The summed E-state index contributed by atoms with van der Waals surface area (Å²) in [6.07, 6.45) is 6.37. The van der Waals surface area contributed by atoms with Crippen molar-refractivity contribution in [2.24, 2.45) is 5.92 Å². The van der Waals surface area contributed by atoms with Crippen molar-refractivity contribution in [1.82, 2.24) is 0 Å². The molecule has 0 spiro atoms. The fraction of sp³-hybridized carbons (Fsp3) is 0.500. The maximum Gasteiger partial charge on any atom is 0.336 e. The monoisotopic (exact) mass is 360 g/mol. The van der Waals surface area contributed by atoms with Gasteiger partial charge in [-0.3, -0.25) is 0 Å². The van der Waals surface area contributed by atoms with Gasteiger partial charge >= 0.3 is 11.9 Å². The van der Waals surface area contributed by atoms with Gasteiger partial charge < -0.3 is 19.3 Å². The van der Waals surface area contributed by atoms with Gasteiger partial charge in [0.2, 0.25) is 0 Å². The molecular weight excluding hydrogens is 336 g/mol. The van der Waals surface area contributed by atoms with Crippen molar-refractivity contribution < 1.29 is 28.9 Å². The van der Waals surface area contributed by atoms with Crippen LogP contribution in [-0.4, -0.2) is 47.6 Å². The van der Waals surface area contributed by atoms with Gasteiger partial charge in [-0.15, -0.1) is 0 Å². The zero-order valence-corrected chi connectivity index (χ0v) is 15.2. The number of aliphatic hydroxyl groups excluding tert-OH is 1. The summed E-state index contributed by atoms with van der Waals surface area (Å²) < 4.78 is 16.9. The van der Waals surface area contributed by atoms with E-state index < -0.39 is 42.3 Å². The molecule has 1 aliphatic carbocycles. The zero-order chi connectivity index (χ0) is 19.1. The molecule has 140 valence electrons. The van der Waals surface area contributed by atoms with Gasteiger partial charge in [0.1, 0.15) is 18.3 Å². The van der Waals surface area contributed by atoms with Gasteiger partial charge in [-0.1, -0.05) is 30.4 Å². The van der Waals surface area contributed by atoms with Crippen LogP contribution in [0.25, 0.3) is 0 Å². The highest BCUT2D eigenvalue weighted by atomic mass is 16.6. The molecule has 2 heterocycles. The summed E-state index contributed by atoms with van der Waals surface area (Å²) in [6, 6.07) is 0. The lowest BCUT2D eigenvalue weighted by molar-refractivity contribution is -0.148. The van der Waals surface area contributed by atoms with E-state index in [-0.39, 0.29) is 17.3 Å². The molecule has 0 bridgehead atoms. The fourth-order valence-electron chi connectivity index (χ4n) is 3.53. The van der Waals surface area contributed by atoms with E-state index in [1.807, 2.05) is 32.1 Å². The second-order valence-electron chi connectivity index (χ2n) is 7.16. The third-order valence-corrected chi connectivity index (χ3v) is 5.21. The molecule has 0 aromatic heterocycles. The second-order valence-corrected chi connectivity index (χ2v) is 7.16. The number of hydrogen-bond acceptors (Lipinski definition) is 6. The van der Waals surface area contributed by atoms with E-state index in [2.05, 4.69) is 6.58 Å². The van der Waals surface area contributed by atoms with Crippen molar-refractivity contribution in [1.29, 1.82) is 0 Å². The average molecular weight is 360 g/mol. The Morgan fingerprint density at radius 2 is 2.27 bits per heavy atom. The lowest BCUT2D eigenvalue weighted by Crippen LogP contribution is -2.37. The summed E-state index contributed by atoms with van der Waals surface area (Å²) in [5.41, 5.74) is 0.898. The molecule has 3 rings (SSSR count). The van der Waals surface area contributed by atoms with Crippen LogP contribution in [0.1, 0.15) is 27.2 Å². The number of epoxide rings is 1. The van der Waals surface area contributed by atoms with Crippen LogP contribution in [0.4, 0.5) is 0 Å². The van der Waals surface area contributed by atoms with Gasteiger partial charge in [-0.05, 0) is 26.8 Å². The Balaban J connectivity index is 1.96. The van der Waals surface area contributed by atoms with Gasteiger partial charge in [-0.25, -0.2) is 9.59 Å². The Bertz CT molecular complexity index is 731. The van der Waals surface area contributed by atoms with Crippen molar-refractivity contribution in [3.05, 3.63) is 47.6 Å². The molecule has 0 amide bonds. The number of aliphatic hydroxyl groups is 1. The second kappa shape index (κ2) is 6.85. The largest absolute Gasteiger partial charge is 0.458 e. The first-order valence-corrected chi connectivity index (χ1v) is 8.70. The Morgan fingerprint density at radius 1 is 1.54 bits per heavy atom. The molecule has 0 saturated carbocycles. The number of carbonyl (C=O) groups is 2. The maximum atomic E-state index is 12.4. The van der Waals surface area contributed by atoms with Crippen molar-refractivity contribution in [3.63, 3.8) is 0 Å². The quantitative estimate of drug-likeness (QED) is 0.471. The molecule has 5 atom stereocenters. The van der Waals surface area contributed by atoms with E-state index >= 15 is 0 Å². The van der Waals surface area contributed by atoms with E-state index in [1.165, 1.54) is 6.08 Å². The highest BCUT2D eigenvalue weighted by Crippen LogP contribution is 2.46. The topological polar surface area (TPSA) is 85.4 Å². The van der Waals surface area contributed by atoms with Crippen molar-refractivity contribution in [2.75, 3.05) is 6.61 Å². The molecule has 0 radical (unpaired) electrons. The van der Waals surface area contributed by atoms with Crippen LogP contribution >= 0.6 is 0 Å². The van der Waals surface area contributed by atoms with E-state index in [9.17, 15) is 14.7 Å². The first-order valence-electron chi connectivity index (χ1n) is 8.70. The summed E-state index contributed by atoms with van der Waals surface area (Å²) in [5.74, 6) is -1.59. The SMILES string of the molecule is C=C1C(=O)O[C@@H]2/C=C(C)/C=C\[C@H]3O[C@]3(C)C[C@@H](OC(=O)/C(=C\C)CO)[C@@H]12. The van der Waals surface area contributed by atoms with E-state index in [1.54, 1.807) is 6.92 Å². The van der Waals surface area contributed by atoms with Crippen LogP contribution in [0.15, 0.2) is 47.6 Å². The first-order chi connectivity index (χ1) is 12.3. The number of hydrogen-bond donors (Lipinski definition) is 1. The van der Waals surface area contributed by atoms with Crippen LogP contribution in [-0.2, 0) is 23.8 Å². The molecular formula is C20H24O6. The lowest BCUT2D eigenvalue weighted by Gasteiger charge is -2.28. The zero-order valence-electron chi connectivity index (χ0n) is 15.2. The number of fused-ring (bicyclic) bond motifs is 2. The smallest absolute Gasteiger partial charge is 0.336 e. The number of esters is 2. The molecule has 0 aromatic rings. The Kier molecular flexibility index (Phi) is 4.90. The summed E-state index contributed by atoms with van der Waals surface area (Å²) >= 11 is 0.